The van der Waals surface area contributed by atoms with Crippen molar-refractivity contribution < 1.29 is 22.7 Å². The van der Waals surface area contributed by atoms with Gasteiger partial charge in [0.05, 0.1) is 17.1 Å². The standard InChI is InChI=1S/C23H17Br2NO5S/c1-14-20-12-18(8-11-21(20)31-22(14)23(27)28)26(13-15-2-4-16(24)5-3-15)32(29,30)19-9-6-17(25)7-10-19/h2-12H,13H2,1H3,(H,27,28). The highest BCUT2D eigenvalue weighted by atomic mass is 79.9. The summed E-state index contributed by atoms with van der Waals surface area (Å²) in [6.45, 7) is 1.74. The topological polar surface area (TPSA) is 87.8 Å². The van der Waals surface area contributed by atoms with E-state index in [1.54, 1.807) is 37.3 Å². The summed E-state index contributed by atoms with van der Waals surface area (Å²) in [5.74, 6) is -1.33. The molecule has 32 heavy (non-hydrogen) atoms. The number of aromatic carboxylic acids is 1. The maximum atomic E-state index is 13.6. The Bertz CT molecular complexity index is 1410. The van der Waals surface area contributed by atoms with Crippen molar-refractivity contribution >= 4 is 64.5 Å². The van der Waals surface area contributed by atoms with Crippen LogP contribution in [0.3, 0.4) is 0 Å². The van der Waals surface area contributed by atoms with Gasteiger partial charge in [-0.3, -0.25) is 4.31 Å². The summed E-state index contributed by atoms with van der Waals surface area (Å²) in [7, 11) is -3.92. The second kappa shape index (κ2) is 8.73. The zero-order chi connectivity index (χ0) is 23.0. The number of carboxylic acids is 1. The van der Waals surface area contributed by atoms with Crippen LogP contribution < -0.4 is 4.31 Å². The van der Waals surface area contributed by atoms with Crippen LogP contribution >= 0.6 is 31.9 Å². The highest BCUT2D eigenvalue weighted by molar-refractivity contribution is 9.10. The van der Waals surface area contributed by atoms with E-state index in [1.165, 1.54) is 16.4 Å². The first-order valence-electron chi connectivity index (χ1n) is 9.46. The highest BCUT2D eigenvalue weighted by Gasteiger charge is 2.27. The number of hydrogen-bond acceptors (Lipinski definition) is 4. The second-order valence-electron chi connectivity index (χ2n) is 7.13. The lowest BCUT2D eigenvalue weighted by molar-refractivity contribution is 0.0664. The number of nitrogens with zero attached hydrogens (tertiary/aromatic N) is 1. The average Bonchev–Trinajstić information content (AvgIpc) is 3.10. The van der Waals surface area contributed by atoms with Crippen LogP contribution in [0.2, 0.25) is 0 Å². The highest BCUT2D eigenvalue weighted by Crippen LogP contribution is 2.33. The summed E-state index contributed by atoms with van der Waals surface area (Å²) in [5.41, 5.74) is 2.03. The van der Waals surface area contributed by atoms with E-state index in [0.717, 1.165) is 14.5 Å². The van der Waals surface area contributed by atoms with Crippen LogP contribution in [-0.2, 0) is 16.6 Å². The molecule has 3 aromatic carbocycles. The van der Waals surface area contributed by atoms with Gasteiger partial charge in [0.1, 0.15) is 5.58 Å². The van der Waals surface area contributed by atoms with Gasteiger partial charge in [0.2, 0.25) is 5.76 Å². The van der Waals surface area contributed by atoms with Crippen molar-refractivity contribution in [2.24, 2.45) is 0 Å². The van der Waals surface area contributed by atoms with E-state index in [-0.39, 0.29) is 17.2 Å². The first-order valence-corrected chi connectivity index (χ1v) is 12.5. The molecular formula is C23H17Br2NO5S. The average molecular weight is 579 g/mol. The first kappa shape index (κ1) is 22.6. The van der Waals surface area contributed by atoms with Crippen LogP contribution in [0.4, 0.5) is 5.69 Å². The number of benzene rings is 3. The van der Waals surface area contributed by atoms with E-state index in [4.69, 9.17) is 4.42 Å². The Hall–Kier alpha value is -2.62. The molecule has 0 aliphatic heterocycles. The van der Waals surface area contributed by atoms with Crippen molar-refractivity contribution in [1.29, 1.82) is 0 Å². The Morgan fingerprint density at radius 3 is 2.16 bits per heavy atom. The van der Waals surface area contributed by atoms with Gasteiger partial charge >= 0.3 is 5.97 Å². The van der Waals surface area contributed by atoms with Crippen molar-refractivity contribution in [2.75, 3.05) is 4.31 Å². The van der Waals surface area contributed by atoms with Gasteiger partial charge in [-0.1, -0.05) is 44.0 Å². The van der Waals surface area contributed by atoms with E-state index in [2.05, 4.69) is 31.9 Å². The first-order chi connectivity index (χ1) is 15.2. The molecule has 0 unspecified atom stereocenters. The Kier molecular flexibility index (Phi) is 6.15. The van der Waals surface area contributed by atoms with Crippen molar-refractivity contribution in [2.45, 2.75) is 18.4 Å². The Morgan fingerprint density at radius 1 is 0.969 bits per heavy atom. The van der Waals surface area contributed by atoms with Gasteiger partial charge < -0.3 is 9.52 Å². The molecular weight excluding hydrogens is 562 g/mol. The van der Waals surface area contributed by atoms with Gasteiger partial charge in [-0.15, -0.1) is 0 Å². The number of sulfonamides is 1. The summed E-state index contributed by atoms with van der Waals surface area (Å²) < 4.78 is 35.7. The summed E-state index contributed by atoms with van der Waals surface area (Å²) in [6, 6.07) is 18.7. The van der Waals surface area contributed by atoms with Gasteiger partial charge in [0, 0.05) is 19.9 Å². The van der Waals surface area contributed by atoms with E-state index in [1.807, 2.05) is 24.3 Å². The van der Waals surface area contributed by atoms with E-state index in [9.17, 15) is 18.3 Å². The van der Waals surface area contributed by atoms with Crippen LogP contribution in [0.25, 0.3) is 11.0 Å². The minimum absolute atomic E-state index is 0.0971. The van der Waals surface area contributed by atoms with Crippen LogP contribution in [0.5, 0.6) is 0 Å². The third-order valence-electron chi connectivity index (χ3n) is 5.04. The van der Waals surface area contributed by atoms with Crippen molar-refractivity contribution in [3.05, 3.63) is 92.6 Å². The monoisotopic (exact) mass is 577 g/mol. The van der Waals surface area contributed by atoms with Gasteiger partial charge in [-0.05, 0) is 67.1 Å². The smallest absolute Gasteiger partial charge is 0.372 e. The molecule has 1 aromatic heterocycles. The summed E-state index contributed by atoms with van der Waals surface area (Å²) in [6.07, 6.45) is 0. The summed E-state index contributed by atoms with van der Waals surface area (Å²) in [5, 5.41) is 9.90. The molecule has 0 aliphatic carbocycles. The fourth-order valence-electron chi connectivity index (χ4n) is 3.37. The number of aryl methyl sites for hydroxylation is 1. The molecule has 0 bridgehead atoms. The predicted molar refractivity (Wildman–Crippen MR) is 130 cm³/mol. The maximum Gasteiger partial charge on any atom is 0.372 e. The molecule has 164 valence electrons. The Morgan fingerprint density at radius 2 is 1.56 bits per heavy atom. The molecule has 0 saturated heterocycles. The predicted octanol–water partition coefficient (Wildman–Crippen LogP) is 6.36. The quantitative estimate of drug-likeness (QED) is 0.287. The molecule has 0 fully saturated rings. The molecule has 6 nitrogen and oxygen atoms in total. The number of furan rings is 1. The second-order valence-corrected chi connectivity index (χ2v) is 10.8. The molecule has 1 heterocycles. The summed E-state index contributed by atoms with van der Waals surface area (Å²) in [4.78, 5) is 11.6. The third-order valence-corrected chi connectivity index (χ3v) is 7.89. The lowest BCUT2D eigenvalue weighted by Gasteiger charge is -2.25. The molecule has 0 saturated carbocycles. The molecule has 1 N–H and O–H groups in total. The van der Waals surface area contributed by atoms with E-state index >= 15 is 0 Å². The number of fused-ring (bicyclic) bond motifs is 1. The zero-order valence-electron chi connectivity index (χ0n) is 16.7. The van der Waals surface area contributed by atoms with Gasteiger partial charge in [-0.25, -0.2) is 13.2 Å². The number of carboxylic acid groups (broad SMARTS) is 1. The van der Waals surface area contributed by atoms with Gasteiger partial charge in [-0.2, -0.15) is 0 Å². The van der Waals surface area contributed by atoms with E-state index in [0.29, 0.717) is 22.2 Å². The minimum Gasteiger partial charge on any atom is -0.475 e. The molecule has 0 radical (unpaired) electrons. The normalized spacial score (nSPS) is 11.6. The number of carbonyl (C=O) groups is 1. The zero-order valence-corrected chi connectivity index (χ0v) is 20.7. The number of hydrogen-bond donors (Lipinski definition) is 1. The van der Waals surface area contributed by atoms with Gasteiger partial charge in [0.15, 0.2) is 0 Å². The van der Waals surface area contributed by atoms with Crippen LogP contribution in [0.15, 0.2) is 85.0 Å². The molecule has 0 spiro atoms. The molecule has 9 heteroatoms. The summed E-state index contributed by atoms with van der Waals surface area (Å²) >= 11 is 6.73. The molecule has 0 atom stereocenters. The van der Waals surface area contributed by atoms with Crippen molar-refractivity contribution in [1.82, 2.24) is 0 Å². The number of rotatable bonds is 6. The number of anilines is 1. The van der Waals surface area contributed by atoms with Crippen molar-refractivity contribution in [3.8, 4) is 0 Å². The lowest BCUT2D eigenvalue weighted by Crippen LogP contribution is -2.30. The van der Waals surface area contributed by atoms with Crippen LogP contribution in [0.1, 0.15) is 21.7 Å². The minimum atomic E-state index is -3.92. The molecule has 0 aliphatic rings. The third kappa shape index (κ3) is 4.32. The maximum absolute atomic E-state index is 13.6. The Labute approximate surface area is 201 Å². The SMILES string of the molecule is Cc1c(C(=O)O)oc2ccc(N(Cc3ccc(Br)cc3)S(=O)(=O)c3ccc(Br)cc3)cc12. The fraction of sp³-hybridized carbons (Fsp3) is 0.0870. The lowest BCUT2D eigenvalue weighted by atomic mass is 10.1. The van der Waals surface area contributed by atoms with E-state index < -0.39 is 16.0 Å². The number of halogens is 2. The fourth-order valence-corrected chi connectivity index (χ4v) is 5.35. The Balaban J connectivity index is 1.86. The molecule has 4 rings (SSSR count). The van der Waals surface area contributed by atoms with Gasteiger partial charge in [0.25, 0.3) is 10.0 Å². The molecule has 0 amide bonds. The van der Waals surface area contributed by atoms with Crippen LogP contribution in [0, 0.1) is 6.92 Å². The van der Waals surface area contributed by atoms with Crippen molar-refractivity contribution in [3.63, 3.8) is 0 Å². The van der Waals surface area contributed by atoms with Crippen LogP contribution in [-0.4, -0.2) is 19.5 Å². The molecule has 4 aromatic rings. The largest absolute Gasteiger partial charge is 0.475 e.